The molecular formula is C24H26Cl4N2S. The summed E-state index contributed by atoms with van der Waals surface area (Å²) in [5.41, 5.74) is 5.60. The summed E-state index contributed by atoms with van der Waals surface area (Å²) in [6.45, 7) is 6.14. The standard InChI is InChI=1S/C24H24Cl2N2S.2ClH/c25-21-7-3-1-5-17(21)13-27-11-9-23-19(15-27)20-16-28(12-10-24(20)29-23)14-18-6-2-4-8-22(18)26;;/h1-8H,9-16H2;2*1H. The zero-order valence-corrected chi connectivity index (χ0v) is 21.1. The molecule has 1 aromatic heterocycles. The third kappa shape index (κ3) is 5.42. The molecule has 3 aromatic rings. The van der Waals surface area contributed by atoms with Gasteiger partial charge >= 0.3 is 0 Å². The van der Waals surface area contributed by atoms with Gasteiger partial charge in [0.1, 0.15) is 0 Å². The smallest absolute Gasteiger partial charge is 0.0451 e. The van der Waals surface area contributed by atoms with Crippen molar-refractivity contribution in [3.8, 4) is 0 Å². The maximum absolute atomic E-state index is 6.40. The number of benzene rings is 2. The average molecular weight is 516 g/mol. The van der Waals surface area contributed by atoms with Crippen LogP contribution in [0.25, 0.3) is 0 Å². The molecule has 0 bridgehead atoms. The SMILES string of the molecule is Cl.Cl.Clc1ccccc1CN1CCc2sc3c(c2C1)CN(Cc1ccccc1Cl)CC3. The molecule has 166 valence electrons. The topological polar surface area (TPSA) is 6.48 Å². The Balaban J connectivity index is 0.00000136. The van der Waals surface area contributed by atoms with Gasteiger partial charge in [-0.1, -0.05) is 59.6 Å². The third-order valence-electron chi connectivity index (χ3n) is 6.06. The van der Waals surface area contributed by atoms with E-state index in [1.165, 1.54) is 11.1 Å². The number of hydrogen-bond donors (Lipinski definition) is 0. The van der Waals surface area contributed by atoms with Crippen molar-refractivity contribution < 1.29 is 0 Å². The van der Waals surface area contributed by atoms with Gasteiger partial charge in [0.2, 0.25) is 0 Å². The van der Waals surface area contributed by atoms with E-state index in [0.29, 0.717) is 0 Å². The van der Waals surface area contributed by atoms with Crippen LogP contribution in [0.15, 0.2) is 48.5 Å². The number of halogens is 4. The van der Waals surface area contributed by atoms with Gasteiger partial charge in [-0.2, -0.15) is 0 Å². The van der Waals surface area contributed by atoms with Gasteiger partial charge in [0.15, 0.2) is 0 Å². The summed E-state index contributed by atoms with van der Waals surface area (Å²) in [4.78, 5) is 8.29. The van der Waals surface area contributed by atoms with Gasteiger partial charge in [-0.15, -0.1) is 36.2 Å². The molecule has 2 aromatic carbocycles. The highest BCUT2D eigenvalue weighted by molar-refractivity contribution is 7.12. The fraction of sp³-hybridized carbons (Fsp3) is 0.333. The molecule has 2 nitrogen and oxygen atoms in total. The Bertz CT molecular complexity index is 956. The van der Waals surface area contributed by atoms with Crippen molar-refractivity contribution in [2.24, 2.45) is 0 Å². The van der Waals surface area contributed by atoms with Gasteiger partial charge in [-0.25, -0.2) is 0 Å². The molecule has 0 amide bonds. The number of rotatable bonds is 4. The number of nitrogens with zero attached hydrogens (tertiary/aromatic N) is 2. The predicted octanol–water partition coefficient (Wildman–Crippen LogP) is 7.02. The van der Waals surface area contributed by atoms with Crippen LogP contribution in [-0.4, -0.2) is 22.9 Å². The van der Waals surface area contributed by atoms with Crippen LogP contribution in [0.3, 0.4) is 0 Å². The first-order valence-electron chi connectivity index (χ1n) is 10.2. The highest BCUT2D eigenvalue weighted by Crippen LogP contribution is 2.37. The van der Waals surface area contributed by atoms with Crippen molar-refractivity contribution in [2.75, 3.05) is 13.1 Å². The van der Waals surface area contributed by atoms with Gasteiger partial charge in [0, 0.05) is 59.1 Å². The van der Waals surface area contributed by atoms with E-state index in [2.05, 4.69) is 45.4 Å². The van der Waals surface area contributed by atoms with Crippen LogP contribution in [0.4, 0.5) is 0 Å². The first-order valence-corrected chi connectivity index (χ1v) is 11.8. The molecule has 0 fully saturated rings. The van der Waals surface area contributed by atoms with Gasteiger partial charge < -0.3 is 0 Å². The van der Waals surface area contributed by atoms with E-state index in [9.17, 15) is 0 Å². The minimum atomic E-state index is 0. The molecule has 0 spiro atoms. The van der Waals surface area contributed by atoms with Crippen LogP contribution in [-0.2, 0) is 39.0 Å². The Hall–Kier alpha value is -0.780. The van der Waals surface area contributed by atoms with Gasteiger partial charge in [0.05, 0.1) is 0 Å². The molecule has 2 aliphatic rings. The van der Waals surface area contributed by atoms with E-state index >= 15 is 0 Å². The highest BCUT2D eigenvalue weighted by Gasteiger charge is 2.28. The molecule has 0 unspecified atom stereocenters. The van der Waals surface area contributed by atoms with Gasteiger partial charge in [-0.3, -0.25) is 9.80 Å². The lowest BCUT2D eigenvalue weighted by atomic mass is 9.98. The van der Waals surface area contributed by atoms with Crippen molar-refractivity contribution in [2.45, 2.75) is 39.0 Å². The van der Waals surface area contributed by atoms with E-state index in [-0.39, 0.29) is 24.8 Å². The third-order valence-corrected chi connectivity index (χ3v) is 8.19. The number of fused-ring (bicyclic) bond motifs is 3. The molecule has 3 heterocycles. The molecule has 0 atom stereocenters. The molecule has 0 saturated heterocycles. The first-order chi connectivity index (χ1) is 14.2. The van der Waals surface area contributed by atoms with Gasteiger partial charge in [0.25, 0.3) is 0 Å². The molecule has 5 rings (SSSR count). The summed E-state index contributed by atoms with van der Waals surface area (Å²) in [7, 11) is 0. The van der Waals surface area contributed by atoms with Crippen LogP contribution in [0.5, 0.6) is 0 Å². The minimum absolute atomic E-state index is 0. The van der Waals surface area contributed by atoms with Gasteiger partial charge in [-0.05, 0) is 47.2 Å². The molecule has 31 heavy (non-hydrogen) atoms. The number of thiophene rings is 1. The van der Waals surface area contributed by atoms with Crippen molar-refractivity contribution in [1.29, 1.82) is 0 Å². The lowest BCUT2D eigenvalue weighted by Gasteiger charge is -2.31. The lowest BCUT2D eigenvalue weighted by molar-refractivity contribution is 0.231. The zero-order chi connectivity index (χ0) is 19.8. The monoisotopic (exact) mass is 514 g/mol. The fourth-order valence-corrected chi connectivity index (χ4v) is 6.21. The van der Waals surface area contributed by atoms with Crippen LogP contribution in [0.1, 0.15) is 32.0 Å². The summed E-state index contributed by atoms with van der Waals surface area (Å²) in [6.07, 6.45) is 2.31. The maximum atomic E-state index is 6.40. The van der Waals surface area contributed by atoms with E-state index < -0.39 is 0 Å². The average Bonchev–Trinajstić information content (AvgIpc) is 3.09. The van der Waals surface area contributed by atoms with Crippen molar-refractivity contribution >= 4 is 59.4 Å². The van der Waals surface area contributed by atoms with Crippen LogP contribution < -0.4 is 0 Å². The highest BCUT2D eigenvalue weighted by atomic mass is 35.5. The maximum Gasteiger partial charge on any atom is 0.0451 e. The van der Waals surface area contributed by atoms with E-state index in [0.717, 1.165) is 62.2 Å². The summed E-state index contributed by atoms with van der Waals surface area (Å²) >= 11 is 14.9. The largest absolute Gasteiger partial charge is 0.294 e. The van der Waals surface area contributed by atoms with Crippen LogP contribution in [0.2, 0.25) is 10.0 Å². The molecule has 0 N–H and O–H groups in total. The Labute approximate surface area is 211 Å². The van der Waals surface area contributed by atoms with Crippen LogP contribution >= 0.6 is 59.4 Å². The Kier molecular flexibility index (Phi) is 8.73. The number of hydrogen-bond acceptors (Lipinski definition) is 3. The second-order valence-electron chi connectivity index (χ2n) is 8.01. The second-order valence-corrected chi connectivity index (χ2v) is 10.0. The zero-order valence-electron chi connectivity index (χ0n) is 17.2. The summed E-state index contributed by atoms with van der Waals surface area (Å²) < 4.78 is 0. The van der Waals surface area contributed by atoms with E-state index in [1.807, 2.05) is 24.3 Å². The van der Waals surface area contributed by atoms with E-state index in [1.54, 1.807) is 20.9 Å². The molecular weight excluding hydrogens is 490 g/mol. The minimum Gasteiger partial charge on any atom is -0.294 e. The molecule has 0 radical (unpaired) electrons. The first kappa shape index (κ1) is 24.9. The Morgan fingerprint density at radius 3 is 1.52 bits per heavy atom. The predicted molar refractivity (Wildman–Crippen MR) is 137 cm³/mol. The second kappa shape index (κ2) is 10.9. The van der Waals surface area contributed by atoms with Crippen LogP contribution in [0, 0.1) is 0 Å². The fourth-order valence-electron chi connectivity index (χ4n) is 4.51. The van der Waals surface area contributed by atoms with E-state index in [4.69, 9.17) is 23.2 Å². The molecule has 7 heteroatoms. The molecule has 2 aliphatic heterocycles. The Morgan fingerprint density at radius 1 is 0.677 bits per heavy atom. The quantitative estimate of drug-likeness (QED) is 0.368. The van der Waals surface area contributed by atoms with Crippen molar-refractivity contribution in [3.63, 3.8) is 0 Å². The summed E-state index contributed by atoms with van der Waals surface area (Å²) in [5.74, 6) is 0. The molecule has 0 aliphatic carbocycles. The Morgan fingerprint density at radius 2 is 1.10 bits per heavy atom. The normalized spacial score (nSPS) is 16.1. The lowest BCUT2D eigenvalue weighted by Crippen LogP contribution is -2.32. The summed E-state index contributed by atoms with van der Waals surface area (Å²) in [6, 6.07) is 16.4. The molecule has 0 saturated carbocycles. The van der Waals surface area contributed by atoms with Crippen molar-refractivity contribution in [3.05, 3.63) is 90.6 Å². The summed E-state index contributed by atoms with van der Waals surface area (Å²) in [5, 5.41) is 1.74. The van der Waals surface area contributed by atoms with Crippen molar-refractivity contribution in [1.82, 2.24) is 9.80 Å².